The van der Waals surface area contributed by atoms with Crippen LogP contribution in [0.1, 0.15) is 0 Å². The summed E-state index contributed by atoms with van der Waals surface area (Å²) in [5, 5.41) is 0. The number of benzene rings is 2. The maximum absolute atomic E-state index is 11.6. The number of hydrogen-bond donors (Lipinski definition) is 0. The van der Waals surface area contributed by atoms with E-state index in [1.54, 1.807) is 50.7 Å². The van der Waals surface area contributed by atoms with Crippen molar-refractivity contribution in [2.45, 2.75) is 4.90 Å². The van der Waals surface area contributed by atoms with Gasteiger partial charge in [0.1, 0.15) is 17.3 Å². The Morgan fingerprint density at radius 2 is 1.72 bits per heavy atom. The molecule has 6 nitrogen and oxygen atoms in total. The smallest absolute Gasteiger partial charge is 0.175 e. The van der Waals surface area contributed by atoms with Crippen molar-refractivity contribution in [3.05, 3.63) is 54.9 Å². The molecule has 0 unspecified atom stereocenters. The Hall–Kier alpha value is -2.80. The van der Waals surface area contributed by atoms with Crippen LogP contribution in [-0.2, 0) is 9.84 Å². The Labute approximate surface area is 146 Å². The van der Waals surface area contributed by atoms with Gasteiger partial charge in [0.15, 0.2) is 9.84 Å². The van der Waals surface area contributed by atoms with E-state index in [1.807, 2.05) is 22.9 Å². The first kappa shape index (κ1) is 17.0. The summed E-state index contributed by atoms with van der Waals surface area (Å²) in [6.07, 6.45) is 4.69. The number of sulfone groups is 1. The summed E-state index contributed by atoms with van der Waals surface area (Å²) in [5.41, 5.74) is 1.61. The van der Waals surface area contributed by atoms with Crippen LogP contribution in [0.4, 0.5) is 0 Å². The van der Waals surface area contributed by atoms with Crippen molar-refractivity contribution in [1.82, 2.24) is 9.55 Å². The molecule has 0 radical (unpaired) electrons. The van der Waals surface area contributed by atoms with E-state index in [0.717, 1.165) is 11.3 Å². The predicted octanol–water partition coefficient (Wildman–Crippen LogP) is 2.96. The molecule has 0 saturated carbocycles. The Bertz CT molecular complexity index is 992. The summed E-state index contributed by atoms with van der Waals surface area (Å²) >= 11 is 0. The average Bonchev–Trinajstić information content (AvgIpc) is 3.10. The lowest BCUT2D eigenvalue weighted by Crippen LogP contribution is -2.01. The lowest BCUT2D eigenvalue weighted by Gasteiger charge is -2.13. The van der Waals surface area contributed by atoms with Crippen LogP contribution in [0, 0.1) is 0 Å². The van der Waals surface area contributed by atoms with Gasteiger partial charge < -0.3 is 9.47 Å². The fourth-order valence-electron chi connectivity index (χ4n) is 2.55. The molecule has 3 aromatic rings. The summed E-state index contributed by atoms with van der Waals surface area (Å²) < 4.78 is 35.8. The van der Waals surface area contributed by atoms with E-state index in [9.17, 15) is 8.42 Å². The zero-order valence-electron chi connectivity index (χ0n) is 14.1. The fourth-order valence-corrected chi connectivity index (χ4v) is 3.18. The maximum Gasteiger partial charge on any atom is 0.175 e. The van der Waals surface area contributed by atoms with Crippen molar-refractivity contribution in [2.24, 2.45) is 0 Å². The van der Waals surface area contributed by atoms with Gasteiger partial charge in [-0.15, -0.1) is 0 Å². The highest BCUT2D eigenvalue weighted by molar-refractivity contribution is 7.90. The van der Waals surface area contributed by atoms with E-state index >= 15 is 0 Å². The molecule has 25 heavy (non-hydrogen) atoms. The summed E-state index contributed by atoms with van der Waals surface area (Å²) in [7, 11) is -0.0395. The van der Waals surface area contributed by atoms with Gasteiger partial charge in [0, 0.05) is 30.3 Å². The van der Waals surface area contributed by atoms with Crippen LogP contribution < -0.4 is 9.47 Å². The number of ether oxygens (including phenoxy) is 2. The van der Waals surface area contributed by atoms with Crippen LogP contribution in [-0.4, -0.2) is 38.4 Å². The zero-order chi connectivity index (χ0) is 18.0. The van der Waals surface area contributed by atoms with Crippen LogP contribution in [0.5, 0.6) is 11.5 Å². The van der Waals surface area contributed by atoms with Crippen LogP contribution in [0.25, 0.3) is 17.1 Å². The van der Waals surface area contributed by atoms with E-state index in [0.29, 0.717) is 17.3 Å². The maximum atomic E-state index is 11.6. The third-order valence-corrected chi connectivity index (χ3v) is 4.96. The highest BCUT2D eigenvalue weighted by Gasteiger charge is 2.14. The second-order valence-corrected chi connectivity index (χ2v) is 7.47. The lowest BCUT2D eigenvalue weighted by atomic mass is 10.2. The summed E-state index contributed by atoms with van der Waals surface area (Å²) in [6.45, 7) is 0. The molecule has 3 rings (SSSR count). The molecule has 0 spiro atoms. The fraction of sp³-hybridized carbons (Fsp3) is 0.167. The average molecular weight is 358 g/mol. The standard InChI is InChI=1S/C18H18N2O4S/c1-23-14-6-9-16(17(12-14)24-2)20-11-10-19-18(20)13-4-7-15(8-5-13)25(3,21)22/h4-12H,1-3H3. The number of aromatic nitrogens is 2. The zero-order valence-corrected chi connectivity index (χ0v) is 14.9. The number of imidazole rings is 1. The van der Waals surface area contributed by atoms with Crippen molar-refractivity contribution in [1.29, 1.82) is 0 Å². The highest BCUT2D eigenvalue weighted by atomic mass is 32.2. The number of methoxy groups -OCH3 is 2. The van der Waals surface area contributed by atoms with Crippen LogP contribution in [0.15, 0.2) is 59.8 Å². The van der Waals surface area contributed by atoms with Gasteiger partial charge in [0.25, 0.3) is 0 Å². The first-order chi connectivity index (χ1) is 11.9. The van der Waals surface area contributed by atoms with Gasteiger partial charge >= 0.3 is 0 Å². The Morgan fingerprint density at radius 3 is 2.32 bits per heavy atom. The molecule has 0 fully saturated rings. The number of rotatable bonds is 5. The van der Waals surface area contributed by atoms with Crippen LogP contribution >= 0.6 is 0 Å². The predicted molar refractivity (Wildman–Crippen MR) is 95.2 cm³/mol. The molecular formula is C18H18N2O4S. The topological polar surface area (TPSA) is 70.4 Å². The second-order valence-electron chi connectivity index (χ2n) is 5.46. The molecule has 0 atom stereocenters. The molecule has 0 amide bonds. The van der Waals surface area contributed by atoms with Gasteiger partial charge in [-0.2, -0.15) is 0 Å². The minimum Gasteiger partial charge on any atom is -0.497 e. The molecule has 1 aromatic heterocycles. The Morgan fingerprint density at radius 1 is 1.00 bits per heavy atom. The van der Waals surface area contributed by atoms with Crippen molar-refractivity contribution in [3.63, 3.8) is 0 Å². The molecule has 2 aromatic carbocycles. The second kappa shape index (κ2) is 6.60. The quantitative estimate of drug-likeness (QED) is 0.701. The van der Waals surface area contributed by atoms with Crippen molar-refractivity contribution in [3.8, 4) is 28.6 Å². The van der Waals surface area contributed by atoms with Crippen molar-refractivity contribution in [2.75, 3.05) is 20.5 Å². The molecule has 0 saturated heterocycles. The van der Waals surface area contributed by atoms with E-state index in [-0.39, 0.29) is 4.90 Å². The molecule has 130 valence electrons. The minimum atomic E-state index is -3.23. The van der Waals surface area contributed by atoms with E-state index in [1.165, 1.54) is 6.26 Å². The normalized spacial score (nSPS) is 11.3. The molecule has 7 heteroatoms. The summed E-state index contributed by atoms with van der Waals surface area (Å²) in [4.78, 5) is 4.67. The highest BCUT2D eigenvalue weighted by Crippen LogP contribution is 2.31. The van der Waals surface area contributed by atoms with E-state index in [4.69, 9.17) is 9.47 Å². The molecule has 0 bridgehead atoms. The van der Waals surface area contributed by atoms with Crippen molar-refractivity contribution < 1.29 is 17.9 Å². The third kappa shape index (κ3) is 3.36. The third-order valence-electron chi connectivity index (χ3n) is 3.83. The Balaban J connectivity index is 2.07. The van der Waals surface area contributed by atoms with Gasteiger partial charge in [-0.25, -0.2) is 13.4 Å². The lowest BCUT2D eigenvalue weighted by molar-refractivity contribution is 0.393. The largest absolute Gasteiger partial charge is 0.497 e. The summed E-state index contributed by atoms with van der Waals surface area (Å²) in [5.74, 6) is 2.02. The van der Waals surface area contributed by atoms with Gasteiger partial charge in [-0.1, -0.05) is 0 Å². The molecule has 0 N–H and O–H groups in total. The van der Waals surface area contributed by atoms with Crippen molar-refractivity contribution >= 4 is 9.84 Å². The van der Waals surface area contributed by atoms with Crippen LogP contribution in [0.2, 0.25) is 0 Å². The Kier molecular flexibility index (Phi) is 4.50. The number of nitrogens with zero attached hydrogens (tertiary/aromatic N) is 2. The van der Waals surface area contributed by atoms with Gasteiger partial charge in [-0.3, -0.25) is 4.57 Å². The first-order valence-electron chi connectivity index (χ1n) is 7.50. The van der Waals surface area contributed by atoms with Crippen LogP contribution in [0.3, 0.4) is 0 Å². The number of hydrogen-bond acceptors (Lipinski definition) is 5. The molecule has 0 aliphatic carbocycles. The summed E-state index contributed by atoms with van der Waals surface area (Å²) in [6, 6.07) is 12.2. The first-order valence-corrected chi connectivity index (χ1v) is 9.39. The minimum absolute atomic E-state index is 0.274. The molecular weight excluding hydrogens is 340 g/mol. The SMILES string of the molecule is COc1ccc(-n2ccnc2-c2ccc(S(C)(=O)=O)cc2)c(OC)c1. The monoisotopic (exact) mass is 358 g/mol. The van der Waals surface area contributed by atoms with E-state index in [2.05, 4.69) is 4.98 Å². The molecule has 0 aliphatic heterocycles. The molecule has 1 heterocycles. The van der Waals surface area contributed by atoms with Gasteiger partial charge in [0.2, 0.25) is 0 Å². The molecule has 0 aliphatic rings. The van der Waals surface area contributed by atoms with Gasteiger partial charge in [-0.05, 0) is 36.4 Å². The van der Waals surface area contributed by atoms with E-state index < -0.39 is 9.84 Å². The van der Waals surface area contributed by atoms with Gasteiger partial charge in [0.05, 0.1) is 24.8 Å².